The maximum Gasteiger partial charge on any atom is 0.199 e. The number of ether oxygens (including phenoxy) is 1. The van der Waals surface area contributed by atoms with E-state index in [1.54, 1.807) is 12.4 Å². The van der Waals surface area contributed by atoms with Crippen LogP contribution in [-0.4, -0.2) is 44.1 Å². The SMILES string of the molecule is CCn1c(-c2nonc2N)nc2cncc(NCCOC(C)C)c21. The Labute approximate surface area is 139 Å². The van der Waals surface area contributed by atoms with E-state index in [0.717, 1.165) is 16.7 Å². The highest BCUT2D eigenvalue weighted by Gasteiger charge is 2.20. The molecule has 0 bridgehead atoms. The predicted octanol–water partition coefficient (Wildman–Crippen LogP) is 1.92. The van der Waals surface area contributed by atoms with Gasteiger partial charge in [0.25, 0.3) is 0 Å². The zero-order valence-electron chi connectivity index (χ0n) is 14.0. The lowest BCUT2D eigenvalue weighted by Gasteiger charge is -2.12. The van der Waals surface area contributed by atoms with Gasteiger partial charge in [0.1, 0.15) is 5.52 Å². The number of aryl methyl sites for hydroxylation is 1. The second-order valence-corrected chi connectivity index (χ2v) is 5.58. The first-order chi connectivity index (χ1) is 11.6. The molecule has 0 aromatic carbocycles. The second-order valence-electron chi connectivity index (χ2n) is 5.58. The number of anilines is 2. The molecule has 3 heterocycles. The molecule has 128 valence electrons. The van der Waals surface area contributed by atoms with Crippen molar-refractivity contribution in [2.75, 3.05) is 24.2 Å². The fraction of sp³-hybridized carbons (Fsp3) is 0.467. The van der Waals surface area contributed by atoms with Gasteiger partial charge in [0.05, 0.1) is 36.3 Å². The standard InChI is InChI=1S/C15H21N7O2/c1-4-22-13-10(18-5-6-23-9(2)3)7-17-8-11(13)19-15(22)12-14(16)21-24-20-12/h7-9,18H,4-6H2,1-3H3,(H2,16,21). The highest BCUT2D eigenvalue weighted by molar-refractivity contribution is 5.90. The van der Waals surface area contributed by atoms with Crippen LogP contribution in [0.15, 0.2) is 17.0 Å². The van der Waals surface area contributed by atoms with Crippen LogP contribution in [0.1, 0.15) is 20.8 Å². The first-order valence-corrected chi connectivity index (χ1v) is 7.90. The monoisotopic (exact) mass is 331 g/mol. The van der Waals surface area contributed by atoms with E-state index in [1.807, 2.05) is 25.3 Å². The van der Waals surface area contributed by atoms with E-state index in [-0.39, 0.29) is 11.9 Å². The fourth-order valence-electron chi connectivity index (χ4n) is 2.54. The molecule has 0 unspecified atom stereocenters. The minimum atomic E-state index is 0.205. The van der Waals surface area contributed by atoms with E-state index >= 15 is 0 Å². The number of nitrogens with one attached hydrogen (secondary N) is 1. The van der Waals surface area contributed by atoms with Gasteiger partial charge < -0.3 is 20.4 Å². The Morgan fingerprint density at radius 2 is 2.17 bits per heavy atom. The smallest absolute Gasteiger partial charge is 0.199 e. The van der Waals surface area contributed by atoms with Crippen molar-refractivity contribution in [1.29, 1.82) is 0 Å². The number of nitrogens with zero attached hydrogens (tertiary/aromatic N) is 5. The lowest BCUT2D eigenvalue weighted by Crippen LogP contribution is -2.14. The number of hydrogen-bond donors (Lipinski definition) is 2. The molecule has 0 radical (unpaired) electrons. The number of imidazole rings is 1. The van der Waals surface area contributed by atoms with E-state index in [9.17, 15) is 0 Å². The number of hydrogen-bond acceptors (Lipinski definition) is 8. The molecule has 9 nitrogen and oxygen atoms in total. The summed E-state index contributed by atoms with van der Waals surface area (Å²) in [6.45, 7) is 8.03. The number of nitrogen functional groups attached to an aromatic ring is 1. The molecule has 0 aliphatic heterocycles. The summed E-state index contributed by atoms with van der Waals surface area (Å²) < 4.78 is 12.3. The lowest BCUT2D eigenvalue weighted by atomic mass is 10.3. The van der Waals surface area contributed by atoms with Crippen molar-refractivity contribution in [1.82, 2.24) is 24.8 Å². The molecule has 9 heteroatoms. The Morgan fingerprint density at radius 3 is 2.83 bits per heavy atom. The molecule has 0 spiro atoms. The van der Waals surface area contributed by atoms with Gasteiger partial charge >= 0.3 is 0 Å². The quantitative estimate of drug-likeness (QED) is 0.631. The summed E-state index contributed by atoms with van der Waals surface area (Å²) in [6, 6.07) is 0. The van der Waals surface area contributed by atoms with E-state index in [2.05, 4.69) is 25.6 Å². The Morgan fingerprint density at radius 1 is 1.33 bits per heavy atom. The minimum Gasteiger partial charge on any atom is -0.380 e. The van der Waals surface area contributed by atoms with E-state index in [1.165, 1.54) is 0 Å². The molecule has 24 heavy (non-hydrogen) atoms. The summed E-state index contributed by atoms with van der Waals surface area (Å²) in [5, 5.41) is 10.8. The van der Waals surface area contributed by atoms with Gasteiger partial charge in [0.2, 0.25) is 0 Å². The zero-order valence-corrected chi connectivity index (χ0v) is 14.0. The number of aromatic nitrogens is 5. The Bertz CT molecular complexity index is 824. The van der Waals surface area contributed by atoms with Crippen LogP contribution < -0.4 is 11.1 Å². The molecular formula is C15H21N7O2. The number of nitrogens with two attached hydrogens (primary N) is 1. The highest BCUT2D eigenvalue weighted by atomic mass is 16.6. The lowest BCUT2D eigenvalue weighted by molar-refractivity contribution is 0.0871. The van der Waals surface area contributed by atoms with Crippen molar-refractivity contribution >= 4 is 22.5 Å². The van der Waals surface area contributed by atoms with Crippen LogP contribution in [-0.2, 0) is 11.3 Å². The van der Waals surface area contributed by atoms with Crippen LogP contribution in [0, 0.1) is 0 Å². The molecule has 3 aromatic rings. The molecule has 0 aliphatic rings. The first kappa shape index (κ1) is 16.2. The number of fused-ring (bicyclic) bond motifs is 1. The molecule has 0 amide bonds. The molecule has 0 aliphatic carbocycles. The highest BCUT2D eigenvalue weighted by Crippen LogP contribution is 2.29. The largest absolute Gasteiger partial charge is 0.380 e. The predicted molar refractivity (Wildman–Crippen MR) is 90.5 cm³/mol. The summed E-state index contributed by atoms with van der Waals surface area (Å²) in [5.41, 5.74) is 8.82. The third kappa shape index (κ3) is 3.02. The van der Waals surface area contributed by atoms with Crippen molar-refractivity contribution in [3.05, 3.63) is 12.4 Å². The van der Waals surface area contributed by atoms with Crippen LogP contribution in [0.25, 0.3) is 22.6 Å². The maximum absolute atomic E-state index is 5.81. The number of rotatable bonds is 7. The fourth-order valence-corrected chi connectivity index (χ4v) is 2.54. The molecule has 0 saturated heterocycles. The van der Waals surface area contributed by atoms with Gasteiger partial charge in [-0.25, -0.2) is 9.61 Å². The van der Waals surface area contributed by atoms with Crippen LogP contribution in [0.4, 0.5) is 11.5 Å². The molecule has 0 fully saturated rings. The summed E-state index contributed by atoms with van der Waals surface area (Å²) >= 11 is 0. The average Bonchev–Trinajstić information content (AvgIpc) is 3.14. The third-order valence-electron chi connectivity index (χ3n) is 3.56. The zero-order chi connectivity index (χ0) is 17.1. The molecule has 3 aromatic heterocycles. The van der Waals surface area contributed by atoms with Crippen LogP contribution in [0.5, 0.6) is 0 Å². The molecule has 0 atom stereocenters. The normalized spacial score (nSPS) is 11.5. The van der Waals surface area contributed by atoms with E-state index in [4.69, 9.17) is 15.1 Å². The second kappa shape index (κ2) is 6.83. The summed E-state index contributed by atoms with van der Waals surface area (Å²) in [4.78, 5) is 8.84. The van der Waals surface area contributed by atoms with Crippen molar-refractivity contribution in [2.45, 2.75) is 33.4 Å². The van der Waals surface area contributed by atoms with E-state index in [0.29, 0.717) is 31.2 Å². The molecule has 3 N–H and O–H groups in total. The maximum atomic E-state index is 5.81. The average molecular weight is 331 g/mol. The molecule has 0 saturated carbocycles. The van der Waals surface area contributed by atoms with Crippen molar-refractivity contribution in [3.63, 3.8) is 0 Å². The Hall–Kier alpha value is -2.68. The Kier molecular flexibility index (Phi) is 4.61. The van der Waals surface area contributed by atoms with Crippen molar-refractivity contribution in [3.8, 4) is 11.5 Å². The van der Waals surface area contributed by atoms with Gasteiger partial charge in [-0.2, -0.15) is 0 Å². The molecular weight excluding hydrogens is 310 g/mol. The van der Waals surface area contributed by atoms with Gasteiger partial charge in [-0.3, -0.25) is 4.98 Å². The van der Waals surface area contributed by atoms with Gasteiger partial charge in [0, 0.05) is 13.1 Å². The van der Waals surface area contributed by atoms with Gasteiger partial charge in [-0.05, 0) is 31.1 Å². The van der Waals surface area contributed by atoms with Crippen LogP contribution in [0.2, 0.25) is 0 Å². The Balaban J connectivity index is 1.96. The first-order valence-electron chi connectivity index (χ1n) is 7.90. The minimum absolute atomic E-state index is 0.205. The molecule has 3 rings (SSSR count). The van der Waals surface area contributed by atoms with Crippen LogP contribution >= 0.6 is 0 Å². The topological polar surface area (TPSA) is 117 Å². The number of pyridine rings is 1. The van der Waals surface area contributed by atoms with Crippen molar-refractivity contribution < 1.29 is 9.37 Å². The van der Waals surface area contributed by atoms with Gasteiger partial charge in [-0.15, -0.1) is 0 Å². The van der Waals surface area contributed by atoms with Crippen LogP contribution in [0.3, 0.4) is 0 Å². The van der Waals surface area contributed by atoms with Crippen molar-refractivity contribution in [2.24, 2.45) is 0 Å². The summed E-state index contributed by atoms with van der Waals surface area (Å²) in [5.74, 6) is 0.827. The van der Waals surface area contributed by atoms with Gasteiger partial charge in [0.15, 0.2) is 17.3 Å². The summed E-state index contributed by atoms with van der Waals surface area (Å²) in [7, 11) is 0. The van der Waals surface area contributed by atoms with Gasteiger partial charge in [-0.1, -0.05) is 0 Å². The third-order valence-corrected chi connectivity index (χ3v) is 3.56. The van der Waals surface area contributed by atoms with E-state index < -0.39 is 0 Å². The summed E-state index contributed by atoms with van der Waals surface area (Å²) in [6.07, 6.45) is 3.70.